The van der Waals surface area contributed by atoms with Crippen molar-refractivity contribution < 1.29 is 46.2 Å². The van der Waals surface area contributed by atoms with Gasteiger partial charge in [0.25, 0.3) is 0 Å². The zero-order valence-electron chi connectivity index (χ0n) is 25.5. The van der Waals surface area contributed by atoms with Crippen LogP contribution in [0.15, 0.2) is 52.6 Å². The molecule has 4 heterocycles. The number of H-pyrrole nitrogens is 1. The van der Waals surface area contributed by atoms with E-state index < -0.39 is 57.0 Å². The van der Waals surface area contributed by atoms with E-state index >= 15 is 0 Å². The quantitative estimate of drug-likeness (QED) is 0.272. The van der Waals surface area contributed by atoms with Crippen molar-refractivity contribution in [1.29, 1.82) is 0 Å². The zero-order chi connectivity index (χ0) is 33.1. The first-order valence-electron chi connectivity index (χ1n) is 14.5. The van der Waals surface area contributed by atoms with E-state index in [1.807, 2.05) is 0 Å². The van der Waals surface area contributed by atoms with Crippen molar-refractivity contribution in [1.82, 2.24) is 9.88 Å². The van der Waals surface area contributed by atoms with Crippen molar-refractivity contribution in [3.05, 3.63) is 59.0 Å². The van der Waals surface area contributed by atoms with E-state index in [2.05, 4.69) is 4.98 Å². The van der Waals surface area contributed by atoms with Crippen molar-refractivity contribution in [3.63, 3.8) is 0 Å². The van der Waals surface area contributed by atoms with Gasteiger partial charge in [-0.1, -0.05) is 0 Å². The van der Waals surface area contributed by atoms with Gasteiger partial charge in [-0.15, -0.1) is 11.8 Å². The maximum Gasteiger partial charge on any atom is 0.355 e. The fourth-order valence-corrected chi connectivity index (χ4v) is 8.86. The minimum atomic E-state index is -3.79. The molecule has 1 aromatic heterocycles. The second-order valence-corrected chi connectivity index (χ2v) is 15.4. The Balaban J connectivity index is 1.14. The van der Waals surface area contributed by atoms with Gasteiger partial charge in [0, 0.05) is 46.7 Å². The molecule has 0 bridgehead atoms. The number of halogens is 1. The number of hydrogen-bond acceptors (Lipinski definition) is 10. The molecule has 0 saturated carbocycles. The van der Waals surface area contributed by atoms with Gasteiger partial charge < -0.3 is 19.2 Å². The average Bonchev–Trinajstić information content (AvgIpc) is 3.33. The molecule has 2 aromatic carbocycles. The van der Waals surface area contributed by atoms with E-state index in [4.69, 9.17) is 14.2 Å². The highest BCUT2D eigenvalue weighted by Crippen LogP contribution is 2.46. The lowest BCUT2D eigenvalue weighted by atomic mass is 9.90. The van der Waals surface area contributed by atoms with Gasteiger partial charge in [-0.2, -0.15) is 0 Å². The summed E-state index contributed by atoms with van der Waals surface area (Å²) in [6.45, 7) is 5.78. The van der Waals surface area contributed by atoms with Gasteiger partial charge in [-0.25, -0.2) is 17.6 Å². The topological polar surface area (TPSA) is 149 Å². The Kier molecular flexibility index (Phi) is 8.00. The normalized spacial score (nSPS) is 19.9. The van der Waals surface area contributed by atoms with Crippen LogP contribution >= 0.6 is 11.8 Å². The van der Waals surface area contributed by atoms with Crippen LogP contribution < -0.4 is 4.74 Å². The lowest BCUT2D eigenvalue weighted by molar-refractivity contribution is -0.161. The van der Waals surface area contributed by atoms with E-state index in [1.54, 1.807) is 39.0 Å². The fourth-order valence-electron chi connectivity index (χ4n) is 5.82. The second-order valence-electron chi connectivity index (χ2n) is 12.4. The fraction of sp³-hybridized carbons (Fsp3) is 0.375. The number of hydrogen-bond donors (Lipinski definition) is 1. The summed E-state index contributed by atoms with van der Waals surface area (Å²) >= 11 is 1.36. The molecular formula is C32H31FN2O9S2. The van der Waals surface area contributed by atoms with Gasteiger partial charge in [0.2, 0.25) is 5.91 Å². The Bertz CT molecular complexity index is 1960. The number of ether oxygens (including phenoxy) is 3. The number of nitrogens with zero attached hydrogens (tertiary/aromatic N) is 1. The van der Waals surface area contributed by atoms with Crippen LogP contribution in [0.2, 0.25) is 0 Å². The number of carbonyl (C=O) groups excluding carboxylic acids is 4. The molecule has 1 amide bonds. The number of carbonyl (C=O) groups is 4. The van der Waals surface area contributed by atoms with Gasteiger partial charge in [0.15, 0.2) is 15.6 Å². The van der Waals surface area contributed by atoms with Crippen LogP contribution in [0.25, 0.3) is 22.2 Å². The summed E-state index contributed by atoms with van der Waals surface area (Å²) in [6, 6.07) is 8.67. The van der Waals surface area contributed by atoms with Gasteiger partial charge in [-0.3, -0.25) is 19.3 Å². The lowest BCUT2D eigenvalue weighted by Crippen LogP contribution is -2.62. The summed E-state index contributed by atoms with van der Waals surface area (Å²) in [5, 5.41) is 0.0117. The number of amides is 1. The van der Waals surface area contributed by atoms with Crippen LogP contribution in [-0.2, 0) is 44.2 Å². The number of β-lactam (4-membered cyclic amide) rings is 1. The SMILES string of the molecule is CC(=O)OCC1=C(C(=O)OC(C)(C)C)N2C(=O)C(CC(=O)COc3ccc4c(c3)S(=O)(=O)Cc3c-4[nH]c4ccc(F)cc34)C2SC1. The number of fused-ring (bicyclic) bond motifs is 6. The number of Topliss-reactive ketones (excluding diaryl/α,β-unsaturated/α-hetero) is 1. The van der Waals surface area contributed by atoms with Crippen LogP contribution in [-0.4, -0.2) is 71.9 Å². The molecule has 1 N–H and O–H groups in total. The Labute approximate surface area is 268 Å². The average molecular weight is 671 g/mol. The Morgan fingerprint density at radius 1 is 1.13 bits per heavy atom. The first kappa shape index (κ1) is 31.8. The maximum atomic E-state index is 13.9. The van der Waals surface area contributed by atoms with E-state index in [1.165, 1.54) is 41.8 Å². The largest absolute Gasteiger partial charge is 0.486 e. The van der Waals surface area contributed by atoms with Crippen molar-refractivity contribution in [2.75, 3.05) is 19.0 Å². The van der Waals surface area contributed by atoms with Crippen molar-refractivity contribution in [2.45, 2.75) is 55.7 Å². The van der Waals surface area contributed by atoms with Gasteiger partial charge >= 0.3 is 11.9 Å². The van der Waals surface area contributed by atoms with Crippen molar-refractivity contribution in [3.8, 4) is 17.0 Å². The predicted molar refractivity (Wildman–Crippen MR) is 166 cm³/mol. The standard InChI is InChI=1S/C32H31FN2O9S2/c1-16(36)42-12-17-14-45-30-23(29(38)35(30)28(17)31(39)44-32(2,3)4)10-19(37)13-43-20-6-7-21-26(11-20)46(40,41)15-24-22-9-18(33)5-8-25(22)34-27(21)24/h5-9,11,23,30,34H,10,12-15H2,1-4H3. The highest BCUT2D eigenvalue weighted by molar-refractivity contribution is 8.00. The van der Waals surface area contributed by atoms with E-state index in [0.717, 1.165) is 0 Å². The Hall–Kier alpha value is -4.17. The summed E-state index contributed by atoms with van der Waals surface area (Å²) in [4.78, 5) is 55.3. The smallest absolute Gasteiger partial charge is 0.355 e. The van der Waals surface area contributed by atoms with E-state index in [-0.39, 0.29) is 40.9 Å². The Morgan fingerprint density at radius 2 is 1.89 bits per heavy atom. The van der Waals surface area contributed by atoms with Crippen LogP contribution in [0, 0.1) is 11.7 Å². The van der Waals surface area contributed by atoms with Crippen LogP contribution in [0.4, 0.5) is 4.39 Å². The molecule has 6 rings (SSSR count). The molecule has 2 atom stereocenters. The third kappa shape index (κ3) is 5.91. The molecule has 3 aromatic rings. The van der Waals surface area contributed by atoms with Crippen molar-refractivity contribution >= 4 is 56.1 Å². The molecule has 1 saturated heterocycles. The number of benzene rings is 2. The number of thioether (sulfide) groups is 1. The summed E-state index contributed by atoms with van der Waals surface area (Å²) in [7, 11) is -3.79. The van der Waals surface area contributed by atoms with Crippen LogP contribution in [0.5, 0.6) is 5.75 Å². The second kappa shape index (κ2) is 11.6. The number of rotatable bonds is 8. The molecule has 11 nitrogen and oxygen atoms in total. The molecule has 242 valence electrons. The lowest BCUT2D eigenvalue weighted by Gasteiger charge is -2.50. The number of esters is 2. The molecule has 0 aliphatic carbocycles. The molecule has 0 spiro atoms. The third-order valence-corrected chi connectivity index (χ3v) is 10.9. The molecule has 0 radical (unpaired) electrons. The maximum absolute atomic E-state index is 13.9. The van der Waals surface area contributed by atoms with E-state index in [0.29, 0.717) is 39.0 Å². The number of ketones is 1. The molecule has 14 heteroatoms. The van der Waals surface area contributed by atoms with Crippen LogP contribution in [0.3, 0.4) is 0 Å². The molecule has 1 fully saturated rings. The van der Waals surface area contributed by atoms with Crippen LogP contribution in [0.1, 0.15) is 39.7 Å². The summed E-state index contributed by atoms with van der Waals surface area (Å²) in [5.41, 5.74) is 1.77. The first-order valence-corrected chi connectivity index (χ1v) is 17.2. The van der Waals surface area contributed by atoms with Gasteiger partial charge in [-0.05, 0) is 57.2 Å². The number of sulfone groups is 1. The highest BCUT2D eigenvalue weighted by Gasteiger charge is 2.54. The minimum Gasteiger partial charge on any atom is -0.486 e. The molecule has 3 aliphatic heterocycles. The summed E-state index contributed by atoms with van der Waals surface area (Å²) in [5.74, 6) is -3.07. The summed E-state index contributed by atoms with van der Waals surface area (Å²) in [6.07, 6.45) is -0.147. The number of nitrogens with one attached hydrogen (secondary N) is 1. The molecule has 2 unspecified atom stereocenters. The zero-order valence-corrected chi connectivity index (χ0v) is 27.1. The van der Waals surface area contributed by atoms with Gasteiger partial charge in [0.05, 0.1) is 27.6 Å². The molecule has 46 heavy (non-hydrogen) atoms. The van der Waals surface area contributed by atoms with E-state index in [9.17, 15) is 32.0 Å². The highest BCUT2D eigenvalue weighted by atomic mass is 32.2. The minimum absolute atomic E-state index is 0.0309. The van der Waals surface area contributed by atoms with Gasteiger partial charge in [0.1, 0.15) is 36.1 Å². The van der Waals surface area contributed by atoms with Crippen molar-refractivity contribution in [2.24, 2.45) is 5.92 Å². The first-order chi connectivity index (χ1) is 21.6. The third-order valence-electron chi connectivity index (χ3n) is 7.81. The summed E-state index contributed by atoms with van der Waals surface area (Å²) < 4.78 is 56.7. The number of aromatic nitrogens is 1. The predicted octanol–water partition coefficient (Wildman–Crippen LogP) is 4.29. The monoisotopic (exact) mass is 670 g/mol. The molecule has 3 aliphatic rings. The Morgan fingerprint density at radius 3 is 2.61 bits per heavy atom. The molecular weight excluding hydrogens is 639 g/mol. The number of aromatic amines is 1.